The Hall–Kier alpha value is -1.62. The molecule has 0 unspecified atom stereocenters. The molecule has 0 radical (unpaired) electrons. The van der Waals surface area contributed by atoms with E-state index in [0.29, 0.717) is 0 Å². The zero-order valence-corrected chi connectivity index (χ0v) is 9.53. The van der Waals surface area contributed by atoms with Crippen molar-refractivity contribution >= 4 is 28.5 Å². The Balaban J connectivity index is 2.27. The van der Waals surface area contributed by atoms with Crippen LogP contribution in [0.2, 0.25) is 0 Å². The number of ether oxygens (including phenoxy) is 1. The fraction of sp³-hybridized carbons (Fsp3) is 0.182. The first kappa shape index (κ1) is 10.9. The molecule has 1 heterocycles. The number of methoxy groups -OCH3 is 1. The molecule has 0 saturated carbocycles. The number of carbonyl (C=O) groups excluding carboxylic acids is 1. The fourth-order valence-electron chi connectivity index (χ4n) is 1.29. The number of thioether (sulfide) groups is 1. The molecule has 0 aliphatic carbocycles. The van der Waals surface area contributed by atoms with Crippen LogP contribution in [0, 0.1) is 0 Å². The lowest BCUT2D eigenvalue weighted by Gasteiger charge is -2.02. The molecule has 2 aromatic rings. The number of aromatic nitrogens is 2. The minimum atomic E-state index is -0.264. The van der Waals surface area contributed by atoms with Gasteiger partial charge in [0.05, 0.1) is 19.1 Å². The molecule has 0 fully saturated rings. The van der Waals surface area contributed by atoms with Crippen LogP contribution in [0.5, 0.6) is 0 Å². The molecule has 1 aromatic heterocycles. The first-order valence-corrected chi connectivity index (χ1v) is 5.70. The fourth-order valence-corrected chi connectivity index (χ4v) is 2.11. The van der Waals surface area contributed by atoms with Crippen molar-refractivity contribution in [2.75, 3.05) is 12.9 Å². The normalized spacial score (nSPS) is 10.3. The van der Waals surface area contributed by atoms with Crippen LogP contribution < -0.4 is 0 Å². The Morgan fingerprint density at radius 2 is 2.25 bits per heavy atom. The van der Waals surface area contributed by atoms with E-state index in [4.69, 9.17) is 0 Å². The van der Waals surface area contributed by atoms with Crippen LogP contribution in [0.4, 0.5) is 0 Å². The average Bonchev–Trinajstić information content (AvgIpc) is 2.35. The lowest BCUT2D eigenvalue weighted by atomic mass is 10.2. The maximum atomic E-state index is 11.0. The summed E-state index contributed by atoms with van der Waals surface area (Å²) in [6, 6.07) is 7.81. The largest absolute Gasteiger partial charge is 0.468 e. The lowest BCUT2D eigenvalue weighted by Crippen LogP contribution is -2.03. The van der Waals surface area contributed by atoms with Gasteiger partial charge in [0.15, 0.2) is 0 Å². The Bertz CT molecular complexity index is 511. The number of carbonyl (C=O) groups is 1. The zero-order chi connectivity index (χ0) is 11.4. The van der Waals surface area contributed by atoms with Crippen LogP contribution in [0.3, 0.4) is 0 Å². The smallest absolute Gasteiger partial charge is 0.316 e. The second-order valence-corrected chi connectivity index (χ2v) is 4.07. The molecule has 0 amide bonds. The summed E-state index contributed by atoms with van der Waals surface area (Å²) in [6.45, 7) is 0. The van der Waals surface area contributed by atoms with E-state index in [0.717, 1.165) is 15.8 Å². The topological polar surface area (TPSA) is 52.1 Å². The van der Waals surface area contributed by atoms with Gasteiger partial charge in [0, 0.05) is 10.8 Å². The molecule has 4 nitrogen and oxygen atoms in total. The predicted octanol–water partition coefficient (Wildman–Crippen LogP) is 1.89. The molecule has 0 saturated heterocycles. The van der Waals surface area contributed by atoms with Crippen molar-refractivity contribution in [2.45, 2.75) is 5.03 Å². The monoisotopic (exact) mass is 234 g/mol. The van der Waals surface area contributed by atoms with Crippen LogP contribution in [0.15, 0.2) is 35.5 Å². The van der Waals surface area contributed by atoms with E-state index in [9.17, 15) is 4.79 Å². The molecule has 5 heteroatoms. The van der Waals surface area contributed by atoms with Gasteiger partial charge in [0.1, 0.15) is 5.03 Å². The summed E-state index contributed by atoms with van der Waals surface area (Å²) in [5.41, 5.74) is 0. The Morgan fingerprint density at radius 1 is 1.44 bits per heavy atom. The van der Waals surface area contributed by atoms with E-state index in [1.54, 1.807) is 6.20 Å². The molecule has 0 aliphatic heterocycles. The second-order valence-electron chi connectivity index (χ2n) is 3.10. The third-order valence-corrected chi connectivity index (χ3v) is 3.05. The number of rotatable bonds is 3. The van der Waals surface area contributed by atoms with Crippen LogP contribution in [-0.4, -0.2) is 29.0 Å². The number of hydrogen-bond acceptors (Lipinski definition) is 5. The van der Waals surface area contributed by atoms with Crippen molar-refractivity contribution < 1.29 is 9.53 Å². The molecule has 82 valence electrons. The predicted molar refractivity (Wildman–Crippen MR) is 62.3 cm³/mol. The Morgan fingerprint density at radius 3 is 3.06 bits per heavy atom. The van der Waals surface area contributed by atoms with Crippen LogP contribution in [0.1, 0.15) is 0 Å². The number of fused-ring (bicyclic) bond motifs is 1. The molecule has 0 atom stereocenters. The van der Waals surface area contributed by atoms with Crippen molar-refractivity contribution in [1.82, 2.24) is 10.2 Å². The van der Waals surface area contributed by atoms with Gasteiger partial charge >= 0.3 is 5.97 Å². The van der Waals surface area contributed by atoms with Gasteiger partial charge in [0.25, 0.3) is 0 Å². The summed E-state index contributed by atoms with van der Waals surface area (Å²) < 4.78 is 4.58. The minimum absolute atomic E-state index is 0.249. The van der Waals surface area contributed by atoms with Gasteiger partial charge in [-0.05, 0) is 0 Å². The minimum Gasteiger partial charge on any atom is -0.468 e. The maximum Gasteiger partial charge on any atom is 0.316 e. The second kappa shape index (κ2) is 4.94. The highest BCUT2D eigenvalue weighted by Crippen LogP contribution is 2.24. The van der Waals surface area contributed by atoms with Crippen LogP contribution in [-0.2, 0) is 9.53 Å². The standard InChI is InChI=1S/C11H10N2O2S/c1-15-10(14)7-16-11-9-5-3-2-4-8(9)6-12-13-11/h2-6H,7H2,1H3. The first-order chi connectivity index (χ1) is 7.81. The molecule has 2 rings (SSSR count). The van der Waals surface area contributed by atoms with Crippen molar-refractivity contribution in [3.8, 4) is 0 Å². The van der Waals surface area contributed by atoms with E-state index in [-0.39, 0.29) is 11.7 Å². The van der Waals surface area contributed by atoms with Crippen molar-refractivity contribution in [3.63, 3.8) is 0 Å². The quantitative estimate of drug-likeness (QED) is 0.599. The lowest BCUT2D eigenvalue weighted by molar-refractivity contribution is -0.137. The summed E-state index contributed by atoms with van der Waals surface area (Å²) in [4.78, 5) is 11.0. The first-order valence-electron chi connectivity index (χ1n) is 4.71. The van der Waals surface area contributed by atoms with Crippen molar-refractivity contribution in [1.29, 1.82) is 0 Å². The maximum absolute atomic E-state index is 11.0. The molecule has 0 N–H and O–H groups in total. The molecule has 1 aromatic carbocycles. The summed E-state index contributed by atoms with van der Waals surface area (Å²) in [5, 5.41) is 10.7. The Labute approximate surface area is 97.0 Å². The number of hydrogen-bond donors (Lipinski definition) is 0. The van der Waals surface area contributed by atoms with Gasteiger partial charge in [-0.15, -0.1) is 5.10 Å². The van der Waals surface area contributed by atoms with E-state index in [2.05, 4.69) is 14.9 Å². The summed E-state index contributed by atoms with van der Waals surface area (Å²) in [7, 11) is 1.37. The summed E-state index contributed by atoms with van der Waals surface area (Å²) in [5.74, 6) is -0.0149. The average molecular weight is 234 g/mol. The third-order valence-electron chi connectivity index (χ3n) is 2.09. The third kappa shape index (κ3) is 2.30. The van der Waals surface area contributed by atoms with E-state index in [1.807, 2.05) is 24.3 Å². The van der Waals surface area contributed by atoms with Crippen LogP contribution >= 0.6 is 11.8 Å². The molecular formula is C11H10N2O2S. The highest BCUT2D eigenvalue weighted by molar-refractivity contribution is 8.00. The molecule has 0 aliphatic rings. The highest BCUT2D eigenvalue weighted by atomic mass is 32.2. The number of esters is 1. The van der Waals surface area contributed by atoms with Gasteiger partial charge in [-0.3, -0.25) is 4.79 Å². The van der Waals surface area contributed by atoms with Crippen molar-refractivity contribution in [3.05, 3.63) is 30.5 Å². The van der Waals surface area contributed by atoms with E-state index < -0.39 is 0 Å². The van der Waals surface area contributed by atoms with Gasteiger partial charge in [-0.25, -0.2) is 0 Å². The zero-order valence-electron chi connectivity index (χ0n) is 8.71. The molecular weight excluding hydrogens is 224 g/mol. The highest BCUT2D eigenvalue weighted by Gasteiger charge is 2.07. The summed E-state index contributed by atoms with van der Waals surface area (Å²) in [6.07, 6.45) is 1.71. The van der Waals surface area contributed by atoms with Gasteiger partial charge in [0.2, 0.25) is 0 Å². The molecule has 0 spiro atoms. The van der Waals surface area contributed by atoms with Gasteiger partial charge in [-0.2, -0.15) is 5.10 Å². The molecule has 16 heavy (non-hydrogen) atoms. The number of benzene rings is 1. The van der Waals surface area contributed by atoms with Gasteiger partial charge in [-0.1, -0.05) is 36.0 Å². The van der Waals surface area contributed by atoms with Crippen LogP contribution in [0.25, 0.3) is 10.8 Å². The number of nitrogens with zero attached hydrogens (tertiary/aromatic N) is 2. The Kier molecular flexibility index (Phi) is 3.36. The van der Waals surface area contributed by atoms with E-state index >= 15 is 0 Å². The molecule has 0 bridgehead atoms. The van der Waals surface area contributed by atoms with E-state index in [1.165, 1.54) is 18.9 Å². The van der Waals surface area contributed by atoms with Crippen molar-refractivity contribution in [2.24, 2.45) is 0 Å². The van der Waals surface area contributed by atoms with Gasteiger partial charge < -0.3 is 4.74 Å². The SMILES string of the molecule is COC(=O)CSc1nncc2ccccc12. The summed E-state index contributed by atoms with van der Waals surface area (Å²) >= 11 is 1.33.